The second-order valence-corrected chi connectivity index (χ2v) is 8.24. The van der Waals surface area contributed by atoms with E-state index in [1.54, 1.807) is 24.3 Å². The molecule has 0 aliphatic carbocycles. The second-order valence-electron chi connectivity index (χ2n) is 5.16. The minimum absolute atomic E-state index is 0.181. The number of aromatic nitrogens is 1. The van der Waals surface area contributed by atoms with Crippen molar-refractivity contribution in [3.05, 3.63) is 58.9 Å². The van der Waals surface area contributed by atoms with Crippen LogP contribution in [-0.4, -0.2) is 35.0 Å². The van der Waals surface area contributed by atoms with Crippen molar-refractivity contribution < 1.29 is 14.3 Å². The van der Waals surface area contributed by atoms with Gasteiger partial charge in [-0.2, -0.15) is 0 Å². The fraction of sp³-hybridized carbons (Fsp3) is 0.235. The molecule has 0 radical (unpaired) electrons. The number of carbonyl (C=O) groups is 2. The van der Waals surface area contributed by atoms with Crippen LogP contribution in [0, 0.1) is 0 Å². The summed E-state index contributed by atoms with van der Waals surface area (Å²) in [5, 5.41) is 2.73. The zero-order valence-corrected chi connectivity index (χ0v) is 15.5. The van der Waals surface area contributed by atoms with Gasteiger partial charge in [0.05, 0.1) is 15.8 Å². The summed E-state index contributed by atoms with van der Waals surface area (Å²) in [6, 6.07) is 10.6. The monoisotopic (exact) mass is 394 g/mol. The number of benzene rings is 1. The molecule has 130 valence electrons. The SMILES string of the molecule is O=C(COC(=O)c1ccc(C2SCCS2)cc1)Nc1cccnc1Cl. The molecule has 5 nitrogen and oxygen atoms in total. The molecule has 0 saturated carbocycles. The molecular weight excluding hydrogens is 380 g/mol. The molecule has 1 aromatic heterocycles. The smallest absolute Gasteiger partial charge is 0.338 e. The number of pyridine rings is 1. The zero-order chi connectivity index (χ0) is 17.6. The highest BCUT2D eigenvalue weighted by atomic mass is 35.5. The Hall–Kier alpha value is -1.70. The third kappa shape index (κ3) is 4.90. The molecule has 1 fully saturated rings. The van der Waals surface area contributed by atoms with E-state index in [9.17, 15) is 9.59 Å². The molecular formula is C17H15ClN2O3S2. The van der Waals surface area contributed by atoms with Gasteiger partial charge in [0.15, 0.2) is 11.8 Å². The van der Waals surface area contributed by atoms with Crippen LogP contribution in [0.4, 0.5) is 5.69 Å². The van der Waals surface area contributed by atoms with Crippen LogP contribution in [0.2, 0.25) is 5.15 Å². The van der Waals surface area contributed by atoms with Gasteiger partial charge in [0.2, 0.25) is 0 Å². The lowest BCUT2D eigenvalue weighted by atomic mass is 10.1. The van der Waals surface area contributed by atoms with Gasteiger partial charge in [-0.1, -0.05) is 23.7 Å². The summed E-state index contributed by atoms with van der Waals surface area (Å²) in [4.78, 5) is 27.8. The highest BCUT2D eigenvalue weighted by Crippen LogP contribution is 2.45. The zero-order valence-electron chi connectivity index (χ0n) is 13.1. The second kappa shape index (κ2) is 8.60. The molecule has 0 bridgehead atoms. The molecule has 0 unspecified atom stereocenters. The van der Waals surface area contributed by atoms with Gasteiger partial charge >= 0.3 is 5.97 Å². The van der Waals surface area contributed by atoms with Gasteiger partial charge in [-0.25, -0.2) is 9.78 Å². The summed E-state index contributed by atoms with van der Waals surface area (Å²) in [6.45, 7) is -0.389. The van der Waals surface area contributed by atoms with E-state index >= 15 is 0 Å². The van der Waals surface area contributed by atoms with Crippen LogP contribution in [0.15, 0.2) is 42.6 Å². The average Bonchev–Trinajstić information content (AvgIpc) is 3.16. The minimum Gasteiger partial charge on any atom is -0.452 e. The van der Waals surface area contributed by atoms with Gasteiger partial charge in [-0.3, -0.25) is 4.79 Å². The lowest BCUT2D eigenvalue weighted by Crippen LogP contribution is -2.21. The molecule has 1 N–H and O–H groups in total. The first-order chi connectivity index (χ1) is 12.1. The number of hydrogen-bond acceptors (Lipinski definition) is 6. The van der Waals surface area contributed by atoms with Crippen LogP contribution in [-0.2, 0) is 9.53 Å². The maximum atomic E-state index is 12.1. The Labute approximate surface area is 158 Å². The van der Waals surface area contributed by atoms with Gasteiger partial charge in [0, 0.05) is 17.7 Å². The number of esters is 1. The van der Waals surface area contributed by atoms with Gasteiger partial charge < -0.3 is 10.1 Å². The van der Waals surface area contributed by atoms with E-state index in [0.29, 0.717) is 15.8 Å². The quantitative estimate of drug-likeness (QED) is 0.610. The summed E-state index contributed by atoms with van der Waals surface area (Å²) in [5.41, 5.74) is 1.98. The number of ether oxygens (including phenoxy) is 1. The number of nitrogens with one attached hydrogen (secondary N) is 1. The fourth-order valence-electron chi connectivity index (χ4n) is 2.21. The Morgan fingerprint density at radius 3 is 2.60 bits per heavy atom. The van der Waals surface area contributed by atoms with Crippen LogP contribution in [0.1, 0.15) is 20.5 Å². The standard InChI is InChI=1S/C17H15ClN2O3S2/c18-15-13(2-1-7-19-15)20-14(21)10-23-16(22)11-3-5-12(6-4-11)17-24-8-9-25-17/h1-7,17H,8-10H2,(H,20,21). The molecule has 2 heterocycles. The van der Waals surface area contributed by atoms with E-state index in [4.69, 9.17) is 16.3 Å². The Kier molecular flexibility index (Phi) is 6.23. The van der Waals surface area contributed by atoms with Crippen molar-refractivity contribution in [2.45, 2.75) is 4.58 Å². The number of hydrogen-bond donors (Lipinski definition) is 1. The topological polar surface area (TPSA) is 68.3 Å². The molecule has 25 heavy (non-hydrogen) atoms. The Bertz CT molecular complexity index is 765. The summed E-state index contributed by atoms with van der Waals surface area (Å²) in [6.07, 6.45) is 1.52. The van der Waals surface area contributed by atoms with Crippen molar-refractivity contribution in [1.29, 1.82) is 0 Å². The predicted molar refractivity (Wildman–Crippen MR) is 102 cm³/mol. The lowest BCUT2D eigenvalue weighted by Gasteiger charge is -2.10. The average molecular weight is 395 g/mol. The molecule has 3 rings (SSSR count). The number of amides is 1. The van der Waals surface area contributed by atoms with Gasteiger partial charge in [-0.05, 0) is 29.8 Å². The Morgan fingerprint density at radius 2 is 1.92 bits per heavy atom. The molecule has 1 amide bonds. The summed E-state index contributed by atoms with van der Waals surface area (Å²) >= 11 is 9.67. The summed E-state index contributed by atoms with van der Waals surface area (Å²) < 4.78 is 5.47. The third-order valence-corrected chi connectivity index (χ3v) is 6.81. The fourth-order valence-corrected chi connectivity index (χ4v) is 5.23. The lowest BCUT2D eigenvalue weighted by molar-refractivity contribution is -0.119. The van der Waals surface area contributed by atoms with Gasteiger partial charge in [-0.15, -0.1) is 23.5 Å². The van der Waals surface area contributed by atoms with Crippen LogP contribution >= 0.6 is 35.1 Å². The van der Waals surface area contributed by atoms with E-state index < -0.39 is 11.9 Å². The van der Waals surface area contributed by atoms with E-state index in [2.05, 4.69) is 10.3 Å². The minimum atomic E-state index is -0.536. The first kappa shape index (κ1) is 18.1. The highest BCUT2D eigenvalue weighted by molar-refractivity contribution is 8.19. The van der Waals surface area contributed by atoms with Crippen molar-refractivity contribution in [2.75, 3.05) is 23.4 Å². The normalized spacial score (nSPS) is 14.3. The number of nitrogens with zero attached hydrogens (tertiary/aromatic N) is 1. The van der Waals surface area contributed by atoms with Crippen molar-refractivity contribution in [2.24, 2.45) is 0 Å². The van der Waals surface area contributed by atoms with Crippen molar-refractivity contribution in [3.8, 4) is 0 Å². The van der Waals surface area contributed by atoms with E-state index in [0.717, 1.165) is 11.5 Å². The molecule has 2 aromatic rings. The molecule has 0 atom stereocenters. The maximum absolute atomic E-state index is 12.1. The number of rotatable bonds is 5. The number of thioether (sulfide) groups is 2. The Balaban J connectivity index is 1.51. The van der Waals surface area contributed by atoms with E-state index in [1.807, 2.05) is 35.7 Å². The molecule has 8 heteroatoms. The van der Waals surface area contributed by atoms with Crippen LogP contribution in [0.5, 0.6) is 0 Å². The predicted octanol–water partition coefficient (Wildman–Crippen LogP) is 4.01. The van der Waals surface area contributed by atoms with Gasteiger partial charge in [0.1, 0.15) is 0 Å². The molecule has 1 aromatic carbocycles. The van der Waals surface area contributed by atoms with Crippen molar-refractivity contribution >= 4 is 52.7 Å². The Morgan fingerprint density at radius 1 is 1.20 bits per heavy atom. The molecule has 1 saturated heterocycles. The first-order valence-electron chi connectivity index (χ1n) is 7.54. The molecule has 0 spiro atoms. The van der Waals surface area contributed by atoms with E-state index in [1.165, 1.54) is 11.8 Å². The molecule has 1 aliphatic rings. The number of halogens is 1. The molecule has 1 aliphatic heterocycles. The van der Waals surface area contributed by atoms with Crippen LogP contribution < -0.4 is 5.32 Å². The number of carbonyl (C=O) groups excluding carboxylic acids is 2. The number of anilines is 1. The van der Waals surface area contributed by atoms with Crippen LogP contribution in [0.3, 0.4) is 0 Å². The third-order valence-electron chi connectivity index (χ3n) is 3.41. The van der Waals surface area contributed by atoms with Gasteiger partial charge in [0.25, 0.3) is 5.91 Å². The largest absolute Gasteiger partial charge is 0.452 e. The van der Waals surface area contributed by atoms with Crippen LogP contribution in [0.25, 0.3) is 0 Å². The highest BCUT2D eigenvalue weighted by Gasteiger charge is 2.19. The summed E-state index contributed by atoms with van der Waals surface area (Å²) in [5.74, 6) is 1.29. The van der Waals surface area contributed by atoms with Crippen molar-refractivity contribution in [3.63, 3.8) is 0 Å². The van der Waals surface area contributed by atoms with E-state index in [-0.39, 0.29) is 11.8 Å². The maximum Gasteiger partial charge on any atom is 0.338 e. The summed E-state index contributed by atoms with van der Waals surface area (Å²) in [7, 11) is 0. The van der Waals surface area contributed by atoms with Crippen molar-refractivity contribution in [1.82, 2.24) is 4.98 Å². The first-order valence-corrected chi connectivity index (χ1v) is 10.0.